The quantitative estimate of drug-likeness (QED) is 0.0453. The molecule has 0 aromatic heterocycles. The molecule has 320 valence electrons. The van der Waals surface area contributed by atoms with Crippen LogP contribution >= 0.6 is 135 Å². The molecule has 13 nitrogen and oxygen atoms in total. The fraction of sp³-hybridized carbons (Fsp3) is 1.00. The van der Waals surface area contributed by atoms with Crippen LogP contribution in [0.4, 0.5) is 0 Å². The third-order valence-corrected chi connectivity index (χ3v) is 20.5. The Labute approximate surface area is 359 Å². The lowest BCUT2D eigenvalue weighted by Gasteiger charge is -2.48. The molecular weight excluding hydrogens is 975 g/mol. The van der Waals surface area contributed by atoms with E-state index in [4.69, 9.17) is 145 Å². The maximum absolute atomic E-state index is 15.9. The van der Waals surface area contributed by atoms with Gasteiger partial charge in [0.15, 0.2) is 16.0 Å². The summed E-state index contributed by atoms with van der Waals surface area (Å²) < 4.78 is 114. The third kappa shape index (κ3) is 14.1. The van der Waals surface area contributed by atoms with Crippen molar-refractivity contribution in [2.24, 2.45) is 17.8 Å². The van der Waals surface area contributed by atoms with E-state index < -0.39 is 82.0 Å². The fourth-order valence-electron chi connectivity index (χ4n) is 4.50. The molecule has 0 saturated carbocycles. The topological polar surface area (TPSA) is 151 Å². The molecule has 0 fully saturated rings. The Kier molecular flexibility index (Phi) is 28.1. The molecule has 0 heterocycles. The summed E-state index contributed by atoms with van der Waals surface area (Å²) in [5, 5.41) is -7.33. The van der Waals surface area contributed by atoms with Crippen LogP contribution in [0.3, 0.4) is 0 Å². The van der Waals surface area contributed by atoms with E-state index in [1.54, 1.807) is 0 Å². The van der Waals surface area contributed by atoms with Crippen molar-refractivity contribution in [2.75, 3.05) is 92.6 Å². The Hall–Kier alpha value is 3.17. The number of halogens is 9. The van der Waals surface area contributed by atoms with Crippen molar-refractivity contribution in [3.63, 3.8) is 0 Å². The van der Waals surface area contributed by atoms with Crippen molar-refractivity contribution in [1.29, 1.82) is 0 Å². The molecular formula is C27H51Cl9O13P4. The molecule has 0 spiro atoms. The van der Waals surface area contributed by atoms with E-state index in [-0.39, 0.29) is 74.9 Å². The van der Waals surface area contributed by atoms with Gasteiger partial charge in [0.1, 0.15) is 0 Å². The van der Waals surface area contributed by atoms with Crippen LogP contribution in [0.1, 0.15) is 41.5 Å². The summed E-state index contributed by atoms with van der Waals surface area (Å²) >= 11 is 55.2. The van der Waals surface area contributed by atoms with Crippen LogP contribution in [0.15, 0.2) is 0 Å². The average molecular weight is 1030 g/mol. The van der Waals surface area contributed by atoms with E-state index in [0.29, 0.717) is 0 Å². The van der Waals surface area contributed by atoms with Crippen LogP contribution in [-0.4, -0.2) is 109 Å². The Balaban J connectivity index is 8.56. The largest absolute Gasteiger partial charge is 0.478 e. The van der Waals surface area contributed by atoms with Crippen molar-refractivity contribution in [1.82, 2.24) is 0 Å². The monoisotopic (exact) mass is 1020 g/mol. The lowest BCUT2D eigenvalue weighted by molar-refractivity contribution is -0.0469. The van der Waals surface area contributed by atoms with Gasteiger partial charge in [0.25, 0.3) is 0 Å². The maximum atomic E-state index is 15.9. The van der Waals surface area contributed by atoms with Crippen molar-refractivity contribution in [2.45, 2.75) is 57.6 Å². The van der Waals surface area contributed by atoms with Gasteiger partial charge in [0, 0.05) is 35.3 Å². The summed E-state index contributed by atoms with van der Waals surface area (Å²) in [6, 6.07) is 0. The number of hydrogen-bond donors (Lipinski definition) is 0. The molecule has 53 heavy (non-hydrogen) atoms. The first-order valence-electron chi connectivity index (χ1n) is 16.2. The van der Waals surface area contributed by atoms with Crippen molar-refractivity contribution in [3.8, 4) is 0 Å². The van der Waals surface area contributed by atoms with Gasteiger partial charge in [-0.15, -0.1) is 104 Å². The number of phosphoric ester groups is 1. The molecule has 0 bridgehead atoms. The van der Waals surface area contributed by atoms with Crippen molar-refractivity contribution < 1.29 is 59.0 Å². The standard InChI is InChI=1S/C27H51Cl9O13P4/c1-22(2)25(19-34,50(37,41-13-7-28)42-14-8-29)47-53(40,48-26(20-35,23(3)4)51(38,43-15-9-30)44-16-10-31)49-27(21-36,24(5)6)52(39,45-17-11-32)46-18-12-33/h22-24H,7-21H2,1-6H3. The van der Waals surface area contributed by atoms with Crippen molar-refractivity contribution in [3.05, 3.63) is 0 Å². The van der Waals surface area contributed by atoms with Crippen molar-refractivity contribution >= 4 is 135 Å². The number of phosphoric acid groups is 1. The van der Waals surface area contributed by atoms with Crippen LogP contribution in [0.5, 0.6) is 0 Å². The molecule has 0 aliphatic rings. The highest BCUT2D eigenvalue weighted by atomic mass is 35.5. The zero-order valence-corrected chi connectivity index (χ0v) is 40.7. The summed E-state index contributed by atoms with van der Waals surface area (Å²) in [4.78, 5) is 0. The minimum absolute atomic E-state index is 0.168. The van der Waals surface area contributed by atoms with Gasteiger partial charge in [-0.05, 0) is 17.8 Å². The Morgan fingerprint density at radius 1 is 0.377 bits per heavy atom. The van der Waals surface area contributed by atoms with Gasteiger partial charge >= 0.3 is 30.6 Å². The van der Waals surface area contributed by atoms with E-state index in [1.807, 2.05) is 0 Å². The summed E-state index contributed by atoms with van der Waals surface area (Å²) in [6.07, 6.45) is 0. The fourth-order valence-corrected chi connectivity index (χ4v) is 18.3. The molecule has 0 radical (unpaired) electrons. The molecule has 3 unspecified atom stereocenters. The van der Waals surface area contributed by atoms with E-state index in [2.05, 4.69) is 0 Å². The Morgan fingerprint density at radius 3 is 0.660 bits per heavy atom. The van der Waals surface area contributed by atoms with Crippen LogP contribution in [-0.2, 0) is 59.0 Å². The van der Waals surface area contributed by atoms with Crippen LogP contribution in [0.25, 0.3) is 0 Å². The van der Waals surface area contributed by atoms with Crippen LogP contribution in [0.2, 0.25) is 0 Å². The smallest absolute Gasteiger partial charge is 0.305 e. The SMILES string of the molecule is CC(C)C(CCl)(OP(=O)(OC(CCl)(C(C)C)P(=O)(OCCCl)OCCCl)OC(CCl)(C(C)C)P(=O)(OCCCl)OCCCl)P(=O)(OCCCl)OCCCl. The highest BCUT2D eigenvalue weighted by Gasteiger charge is 2.67. The Bertz CT molecular complexity index is 1070. The second kappa shape index (κ2) is 26.5. The average Bonchev–Trinajstić information content (AvgIpc) is 3.12. The zero-order chi connectivity index (χ0) is 41.2. The summed E-state index contributed by atoms with van der Waals surface area (Å²) in [5.41, 5.74) is 0. The van der Waals surface area contributed by atoms with Gasteiger partial charge in [-0.25, -0.2) is 4.57 Å². The molecule has 0 aliphatic heterocycles. The molecule has 0 rings (SSSR count). The summed E-state index contributed by atoms with van der Waals surface area (Å²) in [7, 11) is -20.0. The molecule has 0 aromatic rings. The van der Waals surface area contributed by atoms with Gasteiger partial charge in [-0.3, -0.25) is 27.3 Å². The molecule has 0 aromatic carbocycles. The number of rotatable bonds is 33. The Morgan fingerprint density at radius 2 is 0.547 bits per heavy atom. The van der Waals surface area contributed by atoms with Gasteiger partial charge < -0.3 is 27.1 Å². The first-order valence-corrected chi connectivity index (χ1v) is 27.1. The molecule has 26 heteroatoms. The highest BCUT2D eigenvalue weighted by Crippen LogP contribution is 2.78. The van der Waals surface area contributed by atoms with Gasteiger partial charge in [-0.1, -0.05) is 41.5 Å². The van der Waals surface area contributed by atoms with Gasteiger partial charge in [0.2, 0.25) is 0 Å². The summed E-state index contributed by atoms with van der Waals surface area (Å²) in [5.74, 6) is -6.33. The normalized spacial score (nSPS) is 17.9. The summed E-state index contributed by atoms with van der Waals surface area (Å²) in [6.45, 7) is 6.81. The van der Waals surface area contributed by atoms with Gasteiger partial charge in [0.05, 0.1) is 57.3 Å². The minimum Gasteiger partial charge on any atom is -0.305 e. The number of hydrogen-bond acceptors (Lipinski definition) is 13. The first-order chi connectivity index (χ1) is 24.7. The van der Waals surface area contributed by atoms with E-state index in [0.717, 1.165) is 0 Å². The molecule has 0 aliphatic carbocycles. The molecule has 0 saturated heterocycles. The lowest BCUT2D eigenvalue weighted by atomic mass is 10.1. The third-order valence-electron chi connectivity index (χ3n) is 7.51. The second-order valence-corrected chi connectivity index (χ2v) is 23.1. The zero-order valence-electron chi connectivity index (χ0n) is 30.3. The first kappa shape index (κ1) is 56.2. The van der Waals surface area contributed by atoms with E-state index >= 15 is 4.57 Å². The molecule has 0 N–H and O–H groups in total. The van der Waals surface area contributed by atoms with Crippen LogP contribution < -0.4 is 0 Å². The van der Waals surface area contributed by atoms with E-state index in [9.17, 15) is 13.7 Å². The van der Waals surface area contributed by atoms with Gasteiger partial charge in [-0.2, -0.15) is 0 Å². The maximum Gasteiger partial charge on any atom is 0.478 e. The van der Waals surface area contributed by atoms with Crippen LogP contribution in [0, 0.1) is 17.8 Å². The predicted molar refractivity (Wildman–Crippen MR) is 219 cm³/mol. The van der Waals surface area contributed by atoms with E-state index in [1.165, 1.54) is 41.5 Å². The molecule has 3 atom stereocenters. The highest BCUT2D eigenvalue weighted by molar-refractivity contribution is 7.59. The minimum atomic E-state index is -5.73. The predicted octanol–water partition coefficient (Wildman–Crippen LogP) is 12.0. The lowest BCUT2D eigenvalue weighted by Crippen LogP contribution is -2.48. The second-order valence-electron chi connectivity index (χ2n) is 11.7. The molecule has 0 amide bonds. The number of alkyl halides is 9.